The molecule has 178 valence electrons. The number of nitrogens with one attached hydrogen (secondary N) is 1. The molecular formula is C28H27N3O4. The first-order valence-electron chi connectivity index (χ1n) is 11.4. The lowest BCUT2D eigenvalue weighted by Gasteiger charge is -2.32. The molecule has 7 heteroatoms. The Hall–Kier alpha value is -4.31. The summed E-state index contributed by atoms with van der Waals surface area (Å²) in [4.78, 5) is 18.1. The van der Waals surface area contributed by atoms with E-state index < -0.39 is 11.9 Å². The topological polar surface area (TPSA) is 93.5 Å². The highest BCUT2D eigenvalue weighted by Gasteiger charge is 2.38. The van der Waals surface area contributed by atoms with E-state index in [1.165, 1.54) is 0 Å². The molecule has 0 spiro atoms. The van der Waals surface area contributed by atoms with Gasteiger partial charge in [0.05, 0.1) is 48.1 Å². The van der Waals surface area contributed by atoms with Crippen LogP contribution in [0.4, 0.5) is 5.69 Å². The summed E-state index contributed by atoms with van der Waals surface area (Å²) in [6, 6.07) is 16.9. The highest BCUT2D eigenvalue weighted by Crippen LogP contribution is 2.49. The minimum atomic E-state index is -0.578. The van der Waals surface area contributed by atoms with Crippen LogP contribution in [-0.4, -0.2) is 24.7 Å². The molecular weight excluding hydrogens is 442 g/mol. The van der Waals surface area contributed by atoms with Crippen LogP contribution in [-0.2, 0) is 16.1 Å². The van der Waals surface area contributed by atoms with Crippen molar-refractivity contribution in [2.75, 3.05) is 19.0 Å². The zero-order valence-electron chi connectivity index (χ0n) is 20.2. The minimum Gasteiger partial charge on any atom is -0.496 e. The minimum absolute atomic E-state index is 0.144. The fourth-order valence-electron chi connectivity index (χ4n) is 4.31. The van der Waals surface area contributed by atoms with Crippen molar-refractivity contribution in [1.29, 1.82) is 5.26 Å². The van der Waals surface area contributed by atoms with Crippen LogP contribution >= 0.6 is 0 Å². The van der Waals surface area contributed by atoms with Crippen molar-refractivity contribution in [2.24, 2.45) is 0 Å². The summed E-state index contributed by atoms with van der Waals surface area (Å²) in [6.45, 7) is 6.25. The second-order valence-corrected chi connectivity index (χ2v) is 8.20. The average Bonchev–Trinajstić information content (AvgIpc) is 2.88. The zero-order valence-corrected chi connectivity index (χ0v) is 20.2. The van der Waals surface area contributed by atoms with Crippen molar-refractivity contribution in [3.63, 3.8) is 0 Å². The molecule has 2 heterocycles. The maximum atomic E-state index is 13.6. The number of nitrogens with zero attached hydrogens (tertiary/aromatic N) is 2. The second kappa shape index (κ2) is 10.3. The zero-order chi connectivity index (χ0) is 24.9. The first-order valence-corrected chi connectivity index (χ1v) is 11.4. The highest BCUT2D eigenvalue weighted by molar-refractivity contribution is 5.95. The van der Waals surface area contributed by atoms with Gasteiger partial charge in [0.2, 0.25) is 5.88 Å². The number of hydrogen-bond acceptors (Lipinski definition) is 7. The fourth-order valence-corrected chi connectivity index (χ4v) is 4.31. The van der Waals surface area contributed by atoms with Gasteiger partial charge in [-0.1, -0.05) is 36.4 Å². The molecule has 4 rings (SSSR count). The van der Waals surface area contributed by atoms with E-state index in [0.29, 0.717) is 40.6 Å². The molecule has 1 aromatic heterocycles. The predicted octanol–water partition coefficient (Wildman–Crippen LogP) is 5.24. The molecule has 35 heavy (non-hydrogen) atoms. The lowest BCUT2D eigenvalue weighted by Crippen LogP contribution is -2.26. The summed E-state index contributed by atoms with van der Waals surface area (Å²) in [7, 11) is 1.55. The Labute approximate surface area is 205 Å². The number of allylic oxidation sites excluding steroid dienone is 1. The normalized spacial score (nSPS) is 14.4. The Morgan fingerprint density at radius 1 is 1.17 bits per heavy atom. The molecule has 0 aliphatic carbocycles. The van der Waals surface area contributed by atoms with Crippen LogP contribution in [0.25, 0.3) is 0 Å². The van der Waals surface area contributed by atoms with Crippen LogP contribution in [0, 0.1) is 18.3 Å². The number of carbonyl (C=O) groups is 1. The molecule has 0 bridgehead atoms. The van der Waals surface area contributed by atoms with Crippen molar-refractivity contribution in [3.05, 3.63) is 93.8 Å². The van der Waals surface area contributed by atoms with Crippen molar-refractivity contribution in [1.82, 2.24) is 4.98 Å². The number of nitriles is 1. The SMILES string of the molecule is CCOc1ncc(C)c2c1[C@H](c1ccc(C#N)cc1OC)C(C(=O)OCc1ccccc1)=C(C)N2. The maximum absolute atomic E-state index is 13.6. The van der Waals surface area contributed by atoms with Gasteiger partial charge in [0.15, 0.2) is 0 Å². The molecule has 0 amide bonds. The lowest BCUT2D eigenvalue weighted by molar-refractivity contribution is -0.140. The van der Waals surface area contributed by atoms with Crippen LogP contribution in [0.1, 0.15) is 47.6 Å². The standard InChI is InChI=1S/C28H27N3O4/c1-5-34-27-25-24(21-12-11-20(14-29)13-22(21)33-4)23(18(3)31-26(25)17(2)15-30-27)28(32)35-16-19-9-7-6-8-10-19/h6-13,15,24,31H,5,16H2,1-4H3/t24-/m1/s1. The average molecular weight is 470 g/mol. The van der Waals surface area contributed by atoms with Gasteiger partial charge in [0.1, 0.15) is 12.4 Å². The van der Waals surface area contributed by atoms with Crippen LogP contribution in [0.3, 0.4) is 0 Å². The van der Waals surface area contributed by atoms with Crippen molar-refractivity contribution in [2.45, 2.75) is 33.3 Å². The number of rotatable bonds is 7. The quantitative estimate of drug-likeness (QED) is 0.473. The Morgan fingerprint density at radius 3 is 2.63 bits per heavy atom. The number of fused-ring (bicyclic) bond motifs is 1. The number of anilines is 1. The number of carbonyl (C=O) groups excluding carboxylic acids is 1. The number of aryl methyl sites for hydroxylation is 1. The molecule has 0 fully saturated rings. The molecule has 1 aliphatic rings. The monoisotopic (exact) mass is 469 g/mol. The maximum Gasteiger partial charge on any atom is 0.337 e. The summed E-state index contributed by atoms with van der Waals surface area (Å²) in [5.41, 5.74) is 5.65. The first-order chi connectivity index (χ1) is 17.0. The molecule has 0 unspecified atom stereocenters. The van der Waals surface area contributed by atoms with E-state index >= 15 is 0 Å². The third-order valence-electron chi connectivity index (χ3n) is 5.95. The Kier molecular flexibility index (Phi) is 7.02. The molecule has 0 saturated heterocycles. The Bertz CT molecular complexity index is 1330. The smallest absolute Gasteiger partial charge is 0.337 e. The molecule has 1 atom stereocenters. The van der Waals surface area contributed by atoms with Crippen LogP contribution < -0.4 is 14.8 Å². The van der Waals surface area contributed by atoms with Gasteiger partial charge in [-0.05, 0) is 44.0 Å². The van der Waals surface area contributed by atoms with Gasteiger partial charge in [-0.15, -0.1) is 0 Å². The van der Waals surface area contributed by atoms with E-state index in [2.05, 4.69) is 16.4 Å². The summed E-state index contributed by atoms with van der Waals surface area (Å²) in [6.07, 6.45) is 1.75. The van der Waals surface area contributed by atoms with Crippen molar-refractivity contribution < 1.29 is 19.0 Å². The molecule has 7 nitrogen and oxygen atoms in total. The summed E-state index contributed by atoms with van der Waals surface area (Å²) in [5, 5.41) is 12.8. The number of benzene rings is 2. The Balaban J connectivity index is 1.88. The van der Waals surface area contributed by atoms with E-state index in [1.807, 2.05) is 57.2 Å². The molecule has 2 aromatic carbocycles. The van der Waals surface area contributed by atoms with Gasteiger partial charge in [0, 0.05) is 17.5 Å². The summed E-state index contributed by atoms with van der Waals surface area (Å²) < 4.78 is 17.3. The molecule has 0 radical (unpaired) electrons. The van der Waals surface area contributed by atoms with Gasteiger partial charge in [-0.25, -0.2) is 9.78 Å². The van der Waals surface area contributed by atoms with Gasteiger partial charge in [-0.2, -0.15) is 5.26 Å². The summed E-state index contributed by atoms with van der Waals surface area (Å²) >= 11 is 0. The van der Waals surface area contributed by atoms with Gasteiger partial charge in [0.25, 0.3) is 0 Å². The van der Waals surface area contributed by atoms with E-state index in [0.717, 1.165) is 22.4 Å². The summed E-state index contributed by atoms with van der Waals surface area (Å²) in [5.74, 6) is -0.110. The third kappa shape index (κ3) is 4.69. The fraction of sp³-hybridized carbons (Fsp3) is 0.250. The van der Waals surface area contributed by atoms with Crippen LogP contribution in [0.5, 0.6) is 11.6 Å². The van der Waals surface area contributed by atoms with E-state index in [-0.39, 0.29) is 6.61 Å². The number of aromatic nitrogens is 1. The molecule has 3 aromatic rings. The third-order valence-corrected chi connectivity index (χ3v) is 5.95. The van der Waals surface area contributed by atoms with Gasteiger partial charge < -0.3 is 19.5 Å². The van der Waals surface area contributed by atoms with Crippen LogP contribution in [0.15, 0.2) is 66.0 Å². The highest BCUT2D eigenvalue weighted by atomic mass is 16.5. The second-order valence-electron chi connectivity index (χ2n) is 8.20. The lowest BCUT2D eigenvalue weighted by atomic mass is 9.79. The number of pyridine rings is 1. The van der Waals surface area contributed by atoms with E-state index in [1.54, 1.807) is 25.4 Å². The number of methoxy groups -OCH3 is 1. The Morgan fingerprint density at radius 2 is 1.94 bits per heavy atom. The first kappa shape index (κ1) is 23.8. The molecule has 1 N–H and O–H groups in total. The number of ether oxygens (including phenoxy) is 3. The van der Waals surface area contributed by atoms with Crippen LogP contribution in [0.2, 0.25) is 0 Å². The number of esters is 1. The largest absolute Gasteiger partial charge is 0.496 e. The van der Waals surface area contributed by atoms with Crippen molar-refractivity contribution in [3.8, 4) is 17.7 Å². The van der Waals surface area contributed by atoms with Gasteiger partial charge >= 0.3 is 5.97 Å². The van der Waals surface area contributed by atoms with Gasteiger partial charge in [-0.3, -0.25) is 0 Å². The number of hydrogen-bond donors (Lipinski definition) is 1. The molecule has 0 saturated carbocycles. The molecule has 1 aliphatic heterocycles. The predicted molar refractivity (Wildman–Crippen MR) is 132 cm³/mol. The van der Waals surface area contributed by atoms with E-state index in [4.69, 9.17) is 14.2 Å². The van der Waals surface area contributed by atoms with Crippen molar-refractivity contribution >= 4 is 11.7 Å². The van der Waals surface area contributed by atoms with E-state index in [9.17, 15) is 10.1 Å².